The molecule has 0 aliphatic heterocycles. The summed E-state index contributed by atoms with van der Waals surface area (Å²) in [6.45, 7) is 8.36. The molecule has 0 heterocycles. The molecule has 0 saturated heterocycles. The molecule has 0 aromatic heterocycles. The molecule has 2 radical (unpaired) electrons. The van der Waals surface area contributed by atoms with Gasteiger partial charge in [-0.2, -0.15) is 0 Å². The number of hydrogen-bond donors (Lipinski definition) is 1. The molecule has 0 aliphatic rings. The van der Waals surface area contributed by atoms with Gasteiger partial charge in [0.15, 0.2) is 0 Å². The average Bonchev–Trinajstić information content (AvgIpc) is 2.52. The van der Waals surface area contributed by atoms with Crippen molar-refractivity contribution in [1.82, 2.24) is 5.32 Å². The molecule has 1 rings (SSSR count). The van der Waals surface area contributed by atoms with E-state index in [1.165, 1.54) is 5.56 Å². The lowest BCUT2D eigenvalue weighted by molar-refractivity contribution is -0.125. The van der Waals surface area contributed by atoms with Crippen LogP contribution in [0.5, 0.6) is 0 Å². The van der Waals surface area contributed by atoms with Gasteiger partial charge in [-0.05, 0) is 36.3 Å². The summed E-state index contributed by atoms with van der Waals surface area (Å²) in [5.41, 5.74) is 1.83. The van der Waals surface area contributed by atoms with E-state index in [-0.39, 0.29) is 11.3 Å². The van der Waals surface area contributed by atoms with Crippen LogP contribution in [-0.2, 0) is 15.6 Å². The maximum absolute atomic E-state index is 12.1. The highest BCUT2D eigenvalue weighted by molar-refractivity contribution is 6.09. The van der Waals surface area contributed by atoms with Crippen molar-refractivity contribution in [2.75, 3.05) is 7.05 Å². The van der Waals surface area contributed by atoms with Crippen LogP contribution in [0.1, 0.15) is 51.7 Å². The number of nitrogens with one attached hydrogen (secondary N) is 1. The van der Waals surface area contributed by atoms with Crippen LogP contribution >= 0.6 is 0 Å². The van der Waals surface area contributed by atoms with Gasteiger partial charge in [0.05, 0.1) is 13.3 Å². The summed E-state index contributed by atoms with van der Waals surface area (Å²) in [6, 6.07) is 8.36. The van der Waals surface area contributed by atoms with Crippen LogP contribution in [0.3, 0.4) is 0 Å². The summed E-state index contributed by atoms with van der Waals surface area (Å²) in [4.78, 5) is 12.1. The van der Waals surface area contributed by atoms with Crippen LogP contribution in [-0.4, -0.2) is 20.8 Å². The van der Waals surface area contributed by atoms with E-state index in [1.54, 1.807) is 7.05 Å². The molecule has 3 heteroatoms. The van der Waals surface area contributed by atoms with Crippen LogP contribution in [0, 0.1) is 0 Å². The number of carbonyl (C=O) groups excluding carboxylic acids is 1. The van der Waals surface area contributed by atoms with E-state index in [2.05, 4.69) is 43.4 Å². The quantitative estimate of drug-likeness (QED) is 0.790. The number of carbonyl (C=O) groups is 1. The van der Waals surface area contributed by atoms with Crippen molar-refractivity contribution >= 4 is 13.8 Å². The highest BCUT2D eigenvalue weighted by atomic mass is 16.2. The van der Waals surface area contributed by atoms with Crippen LogP contribution in [0.15, 0.2) is 24.3 Å². The Bertz CT molecular complexity index is 451. The minimum atomic E-state index is -0.474. The molecule has 1 aromatic carbocycles. The highest BCUT2D eigenvalue weighted by Crippen LogP contribution is 2.33. The van der Waals surface area contributed by atoms with Crippen molar-refractivity contribution in [3.05, 3.63) is 35.4 Å². The second kappa shape index (κ2) is 6.47. The lowest BCUT2D eigenvalue weighted by Crippen LogP contribution is -2.40. The molecule has 0 aliphatic carbocycles. The van der Waals surface area contributed by atoms with Gasteiger partial charge in [0.1, 0.15) is 0 Å². The van der Waals surface area contributed by atoms with Crippen LogP contribution in [0.4, 0.5) is 0 Å². The second-order valence-corrected chi connectivity index (χ2v) is 5.96. The third kappa shape index (κ3) is 2.92. The lowest BCUT2D eigenvalue weighted by Gasteiger charge is -2.30. The molecule has 1 N–H and O–H groups in total. The maximum Gasteiger partial charge on any atom is 0.230 e. The fourth-order valence-electron chi connectivity index (χ4n) is 2.48. The largest absolute Gasteiger partial charge is 0.358 e. The zero-order valence-electron chi connectivity index (χ0n) is 13.4. The van der Waals surface area contributed by atoms with E-state index < -0.39 is 5.41 Å². The van der Waals surface area contributed by atoms with Crippen molar-refractivity contribution in [1.29, 1.82) is 0 Å². The first-order chi connectivity index (χ1) is 9.37. The summed E-state index contributed by atoms with van der Waals surface area (Å²) >= 11 is 0. The molecule has 20 heavy (non-hydrogen) atoms. The molecular formula is C17H26BNO. The van der Waals surface area contributed by atoms with Gasteiger partial charge in [-0.3, -0.25) is 4.79 Å². The fraction of sp³-hybridized carbons (Fsp3) is 0.588. The molecule has 2 atom stereocenters. The third-order valence-electron chi connectivity index (χ3n) is 4.89. The van der Waals surface area contributed by atoms with Gasteiger partial charge in [-0.15, -0.1) is 0 Å². The van der Waals surface area contributed by atoms with E-state index in [4.69, 9.17) is 7.85 Å². The first-order valence-corrected chi connectivity index (χ1v) is 7.41. The fourth-order valence-corrected chi connectivity index (χ4v) is 2.48. The molecule has 2 nitrogen and oxygen atoms in total. The van der Waals surface area contributed by atoms with Gasteiger partial charge in [0.25, 0.3) is 0 Å². The average molecular weight is 271 g/mol. The van der Waals surface area contributed by atoms with Crippen LogP contribution in [0.2, 0.25) is 6.32 Å². The minimum Gasteiger partial charge on any atom is -0.358 e. The molecule has 1 aromatic rings. The standard InChI is InChI=1S/C17H26BNO/c1-6-16(3,12-18)13-8-10-14(11-9-13)17(4,7-2)15(20)19-5/h8-11H,6-7,12H2,1-5H3,(H,19,20). The summed E-state index contributed by atoms with van der Waals surface area (Å²) in [5.74, 6) is 0.0600. The number of rotatable bonds is 6. The summed E-state index contributed by atoms with van der Waals surface area (Å²) < 4.78 is 0. The third-order valence-corrected chi connectivity index (χ3v) is 4.89. The van der Waals surface area contributed by atoms with Gasteiger partial charge in [-0.25, -0.2) is 0 Å². The number of likely N-dealkylation sites (N-methyl/N-ethyl adjacent to an activating group) is 1. The monoisotopic (exact) mass is 271 g/mol. The van der Waals surface area contributed by atoms with Crippen molar-refractivity contribution in [3.8, 4) is 0 Å². The van der Waals surface area contributed by atoms with Crippen molar-refractivity contribution in [3.63, 3.8) is 0 Å². The molecule has 108 valence electrons. The molecule has 0 bridgehead atoms. The first-order valence-electron chi connectivity index (χ1n) is 7.41. The van der Waals surface area contributed by atoms with Crippen molar-refractivity contribution < 1.29 is 4.79 Å². The summed E-state index contributed by atoms with van der Waals surface area (Å²) in [7, 11) is 7.59. The SMILES string of the molecule is [B]CC(C)(CC)c1ccc(C(C)(CC)C(=O)NC)cc1. The summed E-state index contributed by atoms with van der Waals surface area (Å²) in [6.07, 6.45) is 2.40. The van der Waals surface area contributed by atoms with E-state index in [1.807, 2.05) is 13.8 Å². The smallest absolute Gasteiger partial charge is 0.230 e. The van der Waals surface area contributed by atoms with Crippen LogP contribution < -0.4 is 5.32 Å². The molecule has 0 saturated carbocycles. The Morgan fingerprint density at radius 3 is 1.95 bits per heavy atom. The van der Waals surface area contributed by atoms with Crippen molar-refractivity contribution in [2.45, 2.75) is 57.7 Å². The molecular weight excluding hydrogens is 245 g/mol. The van der Waals surface area contributed by atoms with Crippen LogP contribution in [0.25, 0.3) is 0 Å². The highest BCUT2D eigenvalue weighted by Gasteiger charge is 2.33. The number of hydrogen-bond acceptors (Lipinski definition) is 1. The van der Waals surface area contributed by atoms with Gasteiger partial charge in [-0.1, -0.05) is 51.4 Å². The Balaban J connectivity index is 3.16. The molecule has 2 unspecified atom stereocenters. The number of benzene rings is 1. The minimum absolute atomic E-state index is 0.00810. The van der Waals surface area contributed by atoms with E-state index in [0.717, 1.165) is 18.4 Å². The van der Waals surface area contributed by atoms with Gasteiger partial charge in [0.2, 0.25) is 5.91 Å². The second-order valence-electron chi connectivity index (χ2n) is 5.96. The molecule has 0 spiro atoms. The Labute approximate surface area is 124 Å². The lowest BCUT2D eigenvalue weighted by atomic mass is 9.70. The van der Waals surface area contributed by atoms with Gasteiger partial charge < -0.3 is 5.32 Å². The van der Waals surface area contributed by atoms with E-state index in [0.29, 0.717) is 6.32 Å². The van der Waals surface area contributed by atoms with Crippen molar-refractivity contribution in [2.24, 2.45) is 0 Å². The number of amides is 1. The zero-order valence-corrected chi connectivity index (χ0v) is 13.4. The zero-order chi connectivity index (χ0) is 15.4. The van der Waals surface area contributed by atoms with Gasteiger partial charge in [0, 0.05) is 7.05 Å². The topological polar surface area (TPSA) is 29.1 Å². The first kappa shape index (κ1) is 16.8. The predicted octanol–water partition coefficient (Wildman–Crippen LogP) is 3.35. The molecule has 0 fully saturated rings. The Kier molecular flexibility index (Phi) is 5.44. The Hall–Kier alpha value is -1.25. The summed E-state index contributed by atoms with van der Waals surface area (Å²) in [5, 5.41) is 2.76. The normalized spacial score (nSPS) is 17.1. The Morgan fingerprint density at radius 2 is 1.60 bits per heavy atom. The Morgan fingerprint density at radius 1 is 1.10 bits per heavy atom. The van der Waals surface area contributed by atoms with Gasteiger partial charge >= 0.3 is 0 Å². The van der Waals surface area contributed by atoms with E-state index >= 15 is 0 Å². The maximum atomic E-state index is 12.1. The van der Waals surface area contributed by atoms with E-state index in [9.17, 15) is 4.79 Å². The predicted molar refractivity (Wildman–Crippen MR) is 86.4 cm³/mol. The molecule has 1 amide bonds.